The lowest BCUT2D eigenvalue weighted by atomic mass is 9.95. The number of amides is 1. The van der Waals surface area contributed by atoms with Gasteiger partial charge in [-0.05, 0) is 60.5 Å². The molecule has 1 amide bonds. The van der Waals surface area contributed by atoms with Gasteiger partial charge in [-0.3, -0.25) is 4.79 Å². The molecule has 11 heteroatoms. The fraction of sp³-hybridized carbons (Fsp3) is 0.186. The molecule has 1 N–H and O–H groups in total. The molecule has 0 spiro atoms. The summed E-state index contributed by atoms with van der Waals surface area (Å²) in [6.45, 7) is -0.520. The van der Waals surface area contributed by atoms with Crippen LogP contribution in [-0.4, -0.2) is 67.0 Å². The van der Waals surface area contributed by atoms with Gasteiger partial charge < -0.3 is 29.0 Å². The third-order valence-electron chi connectivity index (χ3n) is 8.58. The Morgan fingerprint density at radius 2 is 0.907 bits per heavy atom. The number of hydrogen-bond donors (Lipinski definition) is 1. The van der Waals surface area contributed by atoms with E-state index in [0.29, 0.717) is 6.42 Å². The Labute approximate surface area is 311 Å². The number of carbonyl (C=O) groups is 5. The lowest BCUT2D eigenvalue weighted by Gasteiger charge is -2.44. The van der Waals surface area contributed by atoms with Gasteiger partial charge in [0.15, 0.2) is 12.2 Å². The third kappa shape index (κ3) is 9.84. The minimum absolute atomic E-state index is 0.00576. The van der Waals surface area contributed by atoms with Crippen molar-refractivity contribution in [3.05, 3.63) is 179 Å². The molecule has 6 rings (SSSR count). The molecule has 0 saturated carbocycles. The van der Waals surface area contributed by atoms with E-state index < -0.39 is 67.0 Å². The SMILES string of the molecule is O=C(CCc1ccccc1)N[C@H]1[C@H](OC(=O)c2ccccc2)O[C@H](COC(=O)c2ccccc2)[C@@H](OC(=O)c2ccccc2)[C@@H]1OC(=O)c1ccccc1. The first-order valence-corrected chi connectivity index (χ1v) is 17.3. The molecular weight excluding hydrogens is 690 g/mol. The van der Waals surface area contributed by atoms with Crippen molar-refractivity contribution in [3.8, 4) is 0 Å². The van der Waals surface area contributed by atoms with E-state index in [1.165, 1.54) is 36.4 Å². The van der Waals surface area contributed by atoms with Crippen LogP contribution in [0.4, 0.5) is 0 Å². The molecule has 11 nitrogen and oxygen atoms in total. The summed E-state index contributed by atoms with van der Waals surface area (Å²) in [4.78, 5) is 67.7. The van der Waals surface area contributed by atoms with Crippen LogP contribution in [0.15, 0.2) is 152 Å². The van der Waals surface area contributed by atoms with Gasteiger partial charge in [0.05, 0.1) is 22.3 Å². The Balaban J connectivity index is 1.38. The Bertz CT molecular complexity index is 2010. The maximum absolute atomic E-state index is 13.8. The maximum atomic E-state index is 13.8. The lowest BCUT2D eigenvalue weighted by Crippen LogP contribution is -2.67. The van der Waals surface area contributed by atoms with Gasteiger partial charge in [-0.2, -0.15) is 0 Å². The smallest absolute Gasteiger partial charge is 0.340 e. The largest absolute Gasteiger partial charge is 0.459 e. The molecule has 0 bridgehead atoms. The molecule has 54 heavy (non-hydrogen) atoms. The van der Waals surface area contributed by atoms with Crippen molar-refractivity contribution < 1.29 is 47.7 Å². The Morgan fingerprint density at radius 1 is 0.500 bits per heavy atom. The molecule has 1 heterocycles. The summed E-state index contributed by atoms with van der Waals surface area (Å²) >= 11 is 0. The molecule has 0 radical (unpaired) electrons. The standard InChI is InChI=1S/C43H37NO10/c45-35(27-26-29-16-6-1-7-17-29)44-36-38(53-41(48)32-22-12-4-13-23-32)37(52-40(47)31-20-10-3-11-21-31)34(28-50-39(46)30-18-8-2-9-19-30)51-43(36)54-42(49)33-24-14-5-15-25-33/h1-25,34,36-38,43H,26-28H2,(H,44,45)/t34-,36-,37-,38-,43+/m1/s1. The number of ether oxygens (including phenoxy) is 5. The molecule has 1 aliphatic rings. The van der Waals surface area contributed by atoms with E-state index in [1.54, 1.807) is 84.9 Å². The summed E-state index contributed by atoms with van der Waals surface area (Å²) < 4.78 is 30.0. The van der Waals surface area contributed by atoms with Crippen molar-refractivity contribution in [2.45, 2.75) is 43.5 Å². The summed E-state index contributed by atoms with van der Waals surface area (Å²) in [5, 5.41) is 2.84. The van der Waals surface area contributed by atoms with E-state index in [4.69, 9.17) is 23.7 Å². The van der Waals surface area contributed by atoms with E-state index in [9.17, 15) is 24.0 Å². The summed E-state index contributed by atoms with van der Waals surface area (Å²) in [6.07, 6.45) is -5.60. The summed E-state index contributed by atoms with van der Waals surface area (Å²) in [6, 6.07) is 40.4. The van der Waals surface area contributed by atoms with Crippen molar-refractivity contribution >= 4 is 29.8 Å². The maximum Gasteiger partial charge on any atom is 0.340 e. The van der Waals surface area contributed by atoms with Crippen LogP contribution in [0.1, 0.15) is 53.4 Å². The van der Waals surface area contributed by atoms with E-state index in [0.717, 1.165) is 5.56 Å². The van der Waals surface area contributed by atoms with E-state index >= 15 is 0 Å². The molecule has 5 aromatic carbocycles. The first-order valence-electron chi connectivity index (χ1n) is 17.3. The zero-order valence-corrected chi connectivity index (χ0v) is 29.0. The third-order valence-corrected chi connectivity index (χ3v) is 8.58. The number of nitrogens with one attached hydrogen (secondary N) is 1. The second-order valence-electron chi connectivity index (χ2n) is 12.3. The van der Waals surface area contributed by atoms with Crippen LogP contribution in [0.25, 0.3) is 0 Å². The van der Waals surface area contributed by atoms with Crippen LogP contribution < -0.4 is 5.32 Å². The monoisotopic (exact) mass is 727 g/mol. The number of esters is 4. The zero-order valence-electron chi connectivity index (χ0n) is 29.0. The Morgan fingerprint density at radius 3 is 1.39 bits per heavy atom. The number of benzene rings is 5. The van der Waals surface area contributed by atoms with Crippen LogP contribution in [0, 0.1) is 0 Å². The van der Waals surface area contributed by atoms with E-state index in [2.05, 4.69) is 5.32 Å². The number of aryl methyl sites for hydroxylation is 1. The normalized spacial score (nSPS) is 19.1. The van der Waals surface area contributed by atoms with Crippen LogP contribution in [0.3, 0.4) is 0 Å². The number of hydrogen-bond acceptors (Lipinski definition) is 10. The Kier molecular flexibility index (Phi) is 12.6. The molecule has 0 aliphatic carbocycles. The van der Waals surface area contributed by atoms with Crippen molar-refractivity contribution in [2.24, 2.45) is 0 Å². The average Bonchev–Trinajstić information content (AvgIpc) is 3.22. The van der Waals surface area contributed by atoms with Crippen LogP contribution in [0.2, 0.25) is 0 Å². The first-order chi connectivity index (χ1) is 26.4. The number of carbonyl (C=O) groups excluding carboxylic acids is 5. The lowest BCUT2D eigenvalue weighted by molar-refractivity contribution is -0.252. The molecule has 5 aromatic rings. The molecule has 1 fully saturated rings. The predicted octanol–water partition coefficient (Wildman–Crippen LogP) is 5.99. The van der Waals surface area contributed by atoms with Crippen LogP contribution in [-0.2, 0) is 34.9 Å². The van der Waals surface area contributed by atoms with Gasteiger partial charge in [0, 0.05) is 6.42 Å². The number of rotatable bonds is 13. The van der Waals surface area contributed by atoms with Gasteiger partial charge in [-0.25, -0.2) is 19.2 Å². The fourth-order valence-electron chi connectivity index (χ4n) is 5.83. The molecule has 274 valence electrons. The van der Waals surface area contributed by atoms with Gasteiger partial charge in [0.25, 0.3) is 0 Å². The zero-order chi connectivity index (χ0) is 37.7. The summed E-state index contributed by atoms with van der Waals surface area (Å²) in [7, 11) is 0. The van der Waals surface area contributed by atoms with Crippen molar-refractivity contribution in [1.82, 2.24) is 5.32 Å². The highest BCUT2D eigenvalue weighted by Crippen LogP contribution is 2.30. The molecule has 5 atom stereocenters. The van der Waals surface area contributed by atoms with E-state index in [-0.39, 0.29) is 28.7 Å². The summed E-state index contributed by atoms with van der Waals surface area (Å²) in [5.74, 6) is -3.63. The minimum atomic E-state index is -1.61. The molecule has 1 aliphatic heterocycles. The molecule has 0 aromatic heterocycles. The van der Waals surface area contributed by atoms with Crippen molar-refractivity contribution in [2.75, 3.05) is 6.61 Å². The molecule has 1 saturated heterocycles. The van der Waals surface area contributed by atoms with Crippen molar-refractivity contribution in [1.29, 1.82) is 0 Å². The van der Waals surface area contributed by atoms with Gasteiger partial charge >= 0.3 is 23.9 Å². The summed E-state index contributed by atoms with van der Waals surface area (Å²) in [5.41, 5.74) is 1.66. The molecular formula is C43H37NO10. The fourth-order valence-corrected chi connectivity index (χ4v) is 5.83. The van der Waals surface area contributed by atoms with Gasteiger partial charge in [0.1, 0.15) is 18.8 Å². The second kappa shape index (κ2) is 18.3. The van der Waals surface area contributed by atoms with Crippen molar-refractivity contribution in [3.63, 3.8) is 0 Å². The highest BCUT2D eigenvalue weighted by molar-refractivity contribution is 5.91. The predicted molar refractivity (Wildman–Crippen MR) is 195 cm³/mol. The minimum Gasteiger partial charge on any atom is -0.459 e. The van der Waals surface area contributed by atoms with Gasteiger partial charge in [-0.15, -0.1) is 0 Å². The highest BCUT2D eigenvalue weighted by atomic mass is 16.7. The topological polar surface area (TPSA) is 144 Å². The van der Waals surface area contributed by atoms with Gasteiger partial charge in [-0.1, -0.05) is 103 Å². The second-order valence-corrected chi connectivity index (χ2v) is 12.3. The average molecular weight is 728 g/mol. The van der Waals surface area contributed by atoms with Gasteiger partial charge in [0.2, 0.25) is 12.2 Å². The Hall–Kier alpha value is -6.59. The first kappa shape index (κ1) is 37.2. The van der Waals surface area contributed by atoms with Crippen LogP contribution in [0.5, 0.6) is 0 Å². The quantitative estimate of drug-likeness (QED) is 0.113. The molecule has 0 unspecified atom stereocenters. The highest BCUT2D eigenvalue weighted by Gasteiger charge is 2.53. The van der Waals surface area contributed by atoms with E-state index in [1.807, 2.05) is 30.3 Å². The van der Waals surface area contributed by atoms with Crippen LogP contribution >= 0.6 is 0 Å².